The van der Waals surface area contributed by atoms with Crippen molar-refractivity contribution < 1.29 is 9.90 Å². The minimum atomic E-state index is -0.298. The first-order valence-electron chi connectivity index (χ1n) is 8.82. The first-order chi connectivity index (χ1) is 11.0. The fourth-order valence-electron chi connectivity index (χ4n) is 3.38. The zero-order valence-corrected chi connectivity index (χ0v) is 17.6. The molecular weight excluding hydrogens is 419 g/mol. The summed E-state index contributed by atoms with van der Waals surface area (Å²) < 4.78 is 0. The van der Waals surface area contributed by atoms with Crippen molar-refractivity contribution in [1.82, 2.24) is 15.5 Å². The molecule has 0 saturated heterocycles. The number of nitrogens with one attached hydrogen (secondary N) is 2. The van der Waals surface area contributed by atoms with Gasteiger partial charge in [-0.1, -0.05) is 12.8 Å². The van der Waals surface area contributed by atoms with E-state index in [4.69, 9.17) is 0 Å². The molecule has 7 heteroatoms. The molecule has 0 aromatic heterocycles. The molecule has 0 atom stereocenters. The summed E-state index contributed by atoms with van der Waals surface area (Å²) >= 11 is 0. The summed E-state index contributed by atoms with van der Waals surface area (Å²) in [5.74, 6) is 0.970. The number of nitrogens with zero attached hydrogens (tertiary/aromatic N) is 2. The van der Waals surface area contributed by atoms with E-state index in [0.29, 0.717) is 13.1 Å². The van der Waals surface area contributed by atoms with Crippen LogP contribution in [0, 0.1) is 10.8 Å². The van der Waals surface area contributed by atoms with Gasteiger partial charge in [0.2, 0.25) is 5.91 Å². The van der Waals surface area contributed by atoms with E-state index in [0.717, 1.165) is 51.0 Å². The van der Waals surface area contributed by atoms with Crippen LogP contribution in [0.2, 0.25) is 0 Å². The average Bonchev–Trinajstić information content (AvgIpc) is 3.17. The summed E-state index contributed by atoms with van der Waals surface area (Å²) in [5, 5.41) is 16.0. The van der Waals surface area contributed by atoms with Crippen molar-refractivity contribution in [2.45, 2.75) is 45.4 Å². The zero-order valence-electron chi connectivity index (χ0n) is 15.2. The minimum absolute atomic E-state index is 0. The highest BCUT2D eigenvalue weighted by Crippen LogP contribution is 2.45. The van der Waals surface area contributed by atoms with Gasteiger partial charge < -0.3 is 20.6 Å². The highest BCUT2D eigenvalue weighted by atomic mass is 127. The quantitative estimate of drug-likeness (QED) is 0.312. The molecule has 2 aliphatic rings. The van der Waals surface area contributed by atoms with Gasteiger partial charge in [0.25, 0.3) is 0 Å². The van der Waals surface area contributed by atoms with Crippen molar-refractivity contribution in [2.24, 2.45) is 15.8 Å². The molecule has 0 radical (unpaired) electrons. The first-order valence-corrected chi connectivity index (χ1v) is 8.82. The maximum atomic E-state index is 12.6. The van der Waals surface area contributed by atoms with Crippen molar-refractivity contribution in [1.29, 1.82) is 0 Å². The van der Waals surface area contributed by atoms with E-state index in [2.05, 4.69) is 15.6 Å². The van der Waals surface area contributed by atoms with Crippen molar-refractivity contribution in [3.05, 3.63) is 0 Å². The molecule has 2 saturated carbocycles. The predicted molar refractivity (Wildman–Crippen MR) is 108 cm³/mol. The second kappa shape index (κ2) is 9.22. The highest BCUT2D eigenvalue weighted by molar-refractivity contribution is 14.0. The van der Waals surface area contributed by atoms with E-state index in [-0.39, 0.29) is 47.3 Å². The lowest BCUT2D eigenvalue weighted by Gasteiger charge is -2.31. The van der Waals surface area contributed by atoms with E-state index in [1.807, 2.05) is 21.0 Å². The third kappa shape index (κ3) is 5.21. The Kier molecular flexibility index (Phi) is 8.25. The van der Waals surface area contributed by atoms with Crippen molar-refractivity contribution >= 4 is 35.8 Å². The maximum Gasteiger partial charge on any atom is 0.230 e. The topological polar surface area (TPSA) is 77.0 Å². The zero-order chi connectivity index (χ0) is 16.9. The van der Waals surface area contributed by atoms with Crippen LogP contribution >= 0.6 is 24.0 Å². The van der Waals surface area contributed by atoms with Crippen LogP contribution in [0.3, 0.4) is 0 Å². The lowest BCUT2D eigenvalue weighted by atomic mass is 9.84. The number of hydrogen-bond donors (Lipinski definition) is 3. The van der Waals surface area contributed by atoms with Gasteiger partial charge in [-0.05, 0) is 32.6 Å². The van der Waals surface area contributed by atoms with Gasteiger partial charge in [0.15, 0.2) is 5.96 Å². The number of carbonyl (C=O) groups is 1. The minimum Gasteiger partial charge on any atom is -0.396 e. The summed E-state index contributed by atoms with van der Waals surface area (Å²) in [6.45, 7) is 4.30. The number of guanidine groups is 1. The number of carbonyl (C=O) groups excluding carboxylic acids is 1. The molecule has 3 N–H and O–H groups in total. The monoisotopic (exact) mass is 452 g/mol. The van der Waals surface area contributed by atoms with Crippen LogP contribution in [0.5, 0.6) is 0 Å². The summed E-state index contributed by atoms with van der Waals surface area (Å²) in [6, 6.07) is 0. The normalized spacial score (nSPS) is 20.9. The Balaban J connectivity index is 0.00000288. The van der Waals surface area contributed by atoms with Crippen molar-refractivity contribution in [3.8, 4) is 0 Å². The molecule has 0 aromatic carbocycles. The molecule has 0 heterocycles. The first kappa shape index (κ1) is 21.5. The SMILES string of the molecule is CCNC(=NCC1(CO)CC1)NCC1(C(=O)N(C)C)CCCC1.I. The largest absolute Gasteiger partial charge is 0.396 e. The third-order valence-corrected chi connectivity index (χ3v) is 5.22. The van der Waals surface area contributed by atoms with E-state index < -0.39 is 0 Å². The molecule has 0 aromatic rings. The van der Waals surface area contributed by atoms with Gasteiger partial charge in [-0.2, -0.15) is 0 Å². The fraction of sp³-hybridized carbons (Fsp3) is 0.882. The lowest BCUT2D eigenvalue weighted by Crippen LogP contribution is -2.49. The molecule has 140 valence electrons. The Labute approximate surface area is 162 Å². The van der Waals surface area contributed by atoms with Crippen LogP contribution in [0.15, 0.2) is 4.99 Å². The van der Waals surface area contributed by atoms with Crippen LogP contribution in [0.4, 0.5) is 0 Å². The van der Waals surface area contributed by atoms with Gasteiger partial charge in [0, 0.05) is 32.6 Å². The molecule has 2 fully saturated rings. The maximum absolute atomic E-state index is 12.6. The lowest BCUT2D eigenvalue weighted by molar-refractivity contribution is -0.138. The van der Waals surface area contributed by atoms with Crippen LogP contribution in [-0.2, 0) is 4.79 Å². The van der Waals surface area contributed by atoms with Crippen LogP contribution in [-0.4, -0.2) is 62.2 Å². The molecule has 0 unspecified atom stereocenters. The number of aliphatic imine (C=N–C) groups is 1. The third-order valence-electron chi connectivity index (χ3n) is 5.22. The van der Waals surface area contributed by atoms with Gasteiger partial charge in [0.05, 0.1) is 18.6 Å². The molecule has 24 heavy (non-hydrogen) atoms. The molecule has 2 aliphatic carbocycles. The molecule has 2 rings (SSSR count). The summed E-state index contributed by atoms with van der Waals surface area (Å²) in [5.41, 5.74) is -0.291. The van der Waals surface area contributed by atoms with Gasteiger partial charge in [-0.25, -0.2) is 0 Å². The Morgan fingerprint density at radius 3 is 2.25 bits per heavy atom. The smallest absolute Gasteiger partial charge is 0.230 e. The van der Waals surface area contributed by atoms with Gasteiger partial charge >= 0.3 is 0 Å². The van der Waals surface area contributed by atoms with E-state index in [1.54, 1.807) is 4.90 Å². The number of halogens is 1. The number of amides is 1. The van der Waals surface area contributed by atoms with Gasteiger partial charge in [-0.3, -0.25) is 9.79 Å². The van der Waals surface area contributed by atoms with Gasteiger partial charge in [0.1, 0.15) is 0 Å². The average molecular weight is 452 g/mol. The molecule has 1 amide bonds. The number of hydrogen-bond acceptors (Lipinski definition) is 3. The predicted octanol–water partition coefficient (Wildman–Crippen LogP) is 1.58. The second-order valence-electron chi connectivity index (χ2n) is 7.39. The molecule has 6 nitrogen and oxygen atoms in total. The van der Waals surface area contributed by atoms with E-state index in [9.17, 15) is 9.90 Å². The molecule has 0 spiro atoms. The van der Waals surface area contributed by atoms with Crippen LogP contribution < -0.4 is 10.6 Å². The standard InChI is InChI=1S/C17H32N4O2.HI/c1-4-18-15(19-11-16(13-22)9-10-16)20-12-17(7-5-6-8-17)14(23)21(2)3;/h22H,4-13H2,1-3H3,(H2,18,19,20);1H. The number of aliphatic hydroxyl groups is 1. The van der Waals surface area contributed by atoms with Crippen molar-refractivity contribution in [2.75, 3.05) is 40.3 Å². The fourth-order valence-corrected chi connectivity index (χ4v) is 3.38. The second-order valence-corrected chi connectivity index (χ2v) is 7.39. The molecule has 0 aliphatic heterocycles. The van der Waals surface area contributed by atoms with Crippen molar-refractivity contribution in [3.63, 3.8) is 0 Å². The van der Waals surface area contributed by atoms with Gasteiger partial charge in [-0.15, -0.1) is 24.0 Å². The molecular formula is C17H33IN4O2. The van der Waals surface area contributed by atoms with E-state index >= 15 is 0 Å². The number of aliphatic hydroxyl groups excluding tert-OH is 1. The number of rotatable bonds is 7. The van der Waals surface area contributed by atoms with Crippen LogP contribution in [0.25, 0.3) is 0 Å². The Morgan fingerprint density at radius 2 is 1.79 bits per heavy atom. The Morgan fingerprint density at radius 1 is 1.17 bits per heavy atom. The summed E-state index contributed by atoms with van der Waals surface area (Å²) in [4.78, 5) is 18.9. The highest BCUT2D eigenvalue weighted by Gasteiger charge is 2.43. The Bertz CT molecular complexity index is 444. The Hall–Kier alpha value is -0.570. The summed E-state index contributed by atoms with van der Waals surface area (Å²) in [6.07, 6.45) is 6.21. The van der Waals surface area contributed by atoms with E-state index in [1.165, 1.54) is 0 Å². The molecule has 0 bridgehead atoms. The van der Waals surface area contributed by atoms with Crippen LogP contribution in [0.1, 0.15) is 45.4 Å². The summed E-state index contributed by atoms with van der Waals surface area (Å²) in [7, 11) is 3.67.